The van der Waals surface area contributed by atoms with Crippen LogP contribution in [0.1, 0.15) is 46.7 Å². The highest BCUT2D eigenvalue weighted by Gasteiger charge is 2.29. The summed E-state index contributed by atoms with van der Waals surface area (Å²) in [5.41, 5.74) is -0.693. The Bertz CT molecular complexity index is 917. The van der Waals surface area contributed by atoms with Gasteiger partial charge in [0.05, 0.1) is 9.85 Å². The zero-order valence-corrected chi connectivity index (χ0v) is 15.7. The summed E-state index contributed by atoms with van der Waals surface area (Å²) in [5, 5.41) is 27.3. The zero-order valence-electron chi connectivity index (χ0n) is 15.7. The summed E-state index contributed by atoms with van der Waals surface area (Å²) < 4.78 is 0. The lowest BCUT2D eigenvalue weighted by molar-refractivity contribution is -0.385. The first kappa shape index (κ1) is 20.8. The molecule has 156 valence electrons. The van der Waals surface area contributed by atoms with Crippen molar-refractivity contribution in [1.29, 1.82) is 0 Å². The van der Waals surface area contributed by atoms with Gasteiger partial charge in [-0.2, -0.15) is 0 Å². The van der Waals surface area contributed by atoms with E-state index in [0.29, 0.717) is 12.8 Å². The smallest absolute Gasteiger partial charge is 0.273 e. The molecule has 2 aromatic rings. The number of hydrogen-bond acceptors (Lipinski definition) is 8. The molecule has 12 nitrogen and oxygen atoms in total. The lowest BCUT2D eigenvalue weighted by Gasteiger charge is -2.32. The van der Waals surface area contributed by atoms with E-state index in [-0.39, 0.29) is 22.8 Å². The summed E-state index contributed by atoms with van der Waals surface area (Å²) >= 11 is 0. The minimum atomic E-state index is -0.617. The maximum Gasteiger partial charge on any atom is 0.273 e. The van der Waals surface area contributed by atoms with Crippen molar-refractivity contribution in [1.82, 2.24) is 20.6 Å². The molecule has 2 amide bonds. The topological polar surface area (TPSA) is 170 Å². The molecule has 2 N–H and O–H groups in total. The van der Waals surface area contributed by atoms with Crippen molar-refractivity contribution >= 4 is 23.2 Å². The number of nitrogens with one attached hydrogen (secondary N) is 2. The Morgan fingerprint density at radius 1 is 0.833 bits per heavy atom. The van der Waals surface area contributed by atoms with Crippen molar-refractivity contribution in [3.63, 3.8) is 0 Å². The molecule has 2 aromatic heterocycles. The van der Waals surface area contributed by atoms with E-state index in [4.69, 9.17) is 0 Å². The quantitative estimate of drug-likeness (QED) is 0.532. The average molecular weight is 414 g/mol. The fourth-order valence-corrected chi connectivity index (χ4v) is 3.28. The molecule has 2 heterocycles. The van der Waals surface area contributed by atoms with Crippen LogP contribution in [0.25, 0.3) is 0 Å². The molecule has 0 bridgehead atoms. The molecule has 0 aliphatic heterocycles. The first-order valence-electron chi connectivity index (χ1n) is 9.18. The van der Waals surface area contributed by atoms with Crippen molar-refractivity contribution in [2.24, 2.45) is 0 Å². The van der Waals surface area contributed by atoms with E-state index in [0.717, 1.165) is 25.0 Å². The number of hydrogen-bond donors (Lipinski definition) is 2. The maximum absolute atomic E-state index is 12.5. The molecule has 1 fully saturated rings. The molecule has 12 heteroatoms. The van der Waals surface area contributed by atoms with Crippen LogP contribution in [0, 0.1) is 20.2 Å². The number of amides is 2. The highest BCUT2D eigenvalue weighted by molar-refractivity contribution is 5.94. The van der Waals surface area contributed by atoms with Gasteiger partial charge in [-0.3, -0.25) is 39.8 Å². The standard InChI is InChI=1S/C18H18N6O6/c25-17(15-9-11(23(27)28)5-7-19-15)21-13-3-1-2-4-14(13)22-18(26)16-10-12(24(29)30)6-8-20-16/h5-10,13-14H,1-4H2,(H,21,25)(H,22,26)/t13-,14-/m0/s1. The Hall–Kier alpha value is -3.96. The molecule has 1 saturated carbocycles. The van der Waals surface area contributed by atoms with Gasteiger partial charge in [-0.05, 0) is 12.8 Å². The molecule has 1 aliphatic carbocycles. The highest BCUT2D eigenvalue weighted by Crippen LogP contribution is 2.20. The number of rotatable bonds is 6. The maximum atomic E-state index is 12.5. The second-order valence-corrected chi connectivity index (χ2v) is 6.76. The van der Waals surface area contributed by atoms with Gasteiger partial charge >= 0.3 is 0 Å². The van der Waals surface area contributed by atoms with Crippen molar-refractivity contribution in [2.45, 2.75) is 37.8 Å². The van der Waals surface area contributed by atoms with Crippen molar-refractivity contribution < 1.29 is 19.4 Å². The SMILES string of the molecule is O=C(N[C@H]1CCCC[C@@H]1NC(=O)c1cc([N+](=O)[O-])ccn1)c1cc([N+](=O)[O-])ccn1. The normalized spacial score (nSPS) is 18.3. The van der Waals surface area contributed by atoms with Crippen LogP contribution in [-0.2, 0) is 0 Å². The number of nitro groups is 2. The predicted molar refractivity (Wildman–Crippen MR) is 103 cm³/mol. The number of carbonyl (C=O) groups is 2. The molecule has 0 aromatic carbocycles. The lowest BCUT2D eigenvalue weighted by atomic mass is 9.90. The van der Waals surface area contributed by atoms with Crippen LogP contribution in [0.5, 0.6) is 0 Å². The molecule has 1 aliphatic rings. The minimum absolute atomic E-state index is 0.0970. The van der Waals surface area contributed by atoms with Gasteiger partial charge in [0.25, 0.3) is 23.2 Å². The van der Waals surface area contributed by atoms with Crippen LogP contribution in [0.15, 0.2) is 36.7 Å². The third kappa shape index (κ3) is 4.90. The Morgan fingerprint density at radius 3 is 1.60 bits per heavy atom. The molecule has 0 saturated heterocycles. The van der Waals surface area contributed by atoms with Crippen LogP contribution < -0.4 is 10.6 Å². The van der Waals surface area contributed by atoms with Gasteiger partial charge in [-0.1, -0.05) is 12.8 Å². The van der Waals surface area contributed by atoms with Gasteiger partial charge in [0, 0.05) is 48.7 Å². The fourth-order valence-electron chi connectivity index (χ4n) is 3.28. The van der Waals surface area contributed by atoms with Crippen molar-refractivity contribution in [3.8, 4) is 0 Å². The Labute approximate surface area is 170 Å². The molecule has 30 heavy (non-hydrogen) atoms. The van der Waals surface area contributed by atoms with Crippen LogP contribution >= 0.6 is 0 Å². The fraction of sp³-hybridized carbons (Fsp3) is 0.333. The van der Waals surface area contributed by atoms with Crippen LogP contribution in [0.4, 0.5) is 11.4 Å². The number of aromatic nitrogens is 2. The Morgan fingerprint density at radius 2 is 1.23 bits per heavy atom. The van der Waals surface area contributed by atoms with Crippen molar-refractivity contribution in [2.75, 3.05) is 0 Å². The van der Waals surface area contributed by atoms with E-state index in [9.17, 15) is 29.8 Å². The third-order valence-corrected chi connectivity index (χ3v) is 4.77. The van der Waals surface area contributed by atoms with Gasteiger partial charge in [-0.25, -0.2) is 0 Å². The lowest BCUT2D eigenvalue weighted by Crippen LogP contribution is -2.53. The molecule has 0 spiro atoms. The van der Waals surface area contributed by atoms with E-state index in [2.05, 4.69) is 20.6 Å². The Kier molecular flexibility index (Phi) is 6.25. The molecular weight excluding hydrogens is 396 g/mol. The minimum Gasteiger partial charge on any atom is -0.346 e. The average Bonchev–Trinajstić information content (AvgIpc) is 2.75. The summed E-state index contributed by atoms with van der Waals surface area (Å²) in [5.74, 6) is -1.17. The number of nitrogens with zero attached hydrogens (tertiary/aromatic N) is 4. The zero-order chi connectivity index (χ0) is 21.7. The summed E-state index contributed by atoms with van der Waals surface area (Å²) in [6, 6.07) is 3.70. The molecule has 0 radical (unpaired) electrons. The Balaban J connectivity index is 1.70. The summed E-state index contributed by atoms with van der Waals surface area (Å²) in [7, 11) is 0. The van der Waals surface area contributed by atoms with E-state index in [1.54, 1.807) is 0 Å². The van der Waals surface area contributed by atoms with E-state index in [1.165, 1.54) is 24.5 Å². The van der Waals surface area contributed by atoms with E-state index < -0.39 is 33.7 Å². The first-order chi connectivity index (χ1) is 14.3. The molecular formula is C18H18N6O6. The molecule has 2 atom stereocenters. The summed E-state index contributed by atoms with van der Waals surface area (Å²) in [6.45, 7) is 0. The van der Waals surface area contributed by atoms with E-state index >= 15 is 0 Å². The van der Waals surface area contributed by atoms with Crippen LogP contribution in [0.3, 0.4) is 0 Å². The van der Waals surface area contributed by atoms with Gasteiger partial charge in [0.1, 0.15) is 11.4 Å². The van der Waals surface area contributed by atoms with Gasteiger partial charge in [0.15, 0.2) is 0 Å². The third-order valence-electron chi connectivity index (χ3n) is 4.77. The second kappa shape index (κ2) is 9.03. The van der Waals surface area contributed by atoms with Gasteiger partial charge < -0.3 is 10.6 Å². The predicted octanol–water partition coefficient (Wildman–Crippen LogP) is 1.76. The summed E-state index contributed by atoms with van der Waals surface area (Å²) in [4.78, 5) is 53.3. The largest absolute Gasteiger partial charge is 0.346 e. The van der Waals surface area contributed by atoms with Crippen molar-refractivity contribution in [3.05, 3.63) is 68.3 Å². The first-order valence-corrected chi connectivity index (χ1v) is 9.18. The van der Waals surface area contributed by atoms with E-state index in [1.807, 2.05) is 0 Å². The second-order valence-electron chi connectivity index (χ2n) is 6.76. The van der Waals surface area contributed by atoms with Crippen LogP contribution in [-0.4, -0.2) is 43.7 Å². The molecule has 3 rings (SSSR count). The number of pyridine rings is 2. The summed E-state index contributed by atoms with van der Waals surface area (Å²) in [6.07, 6.45) is 5.20. The monoisotopic (exact) mass is 414 g/mol. The number of carbonyl (C=O) groups excluding carboxylic acids is 2. The van der Waals surface area contributed by atoms with Gasteiger partial charge in [-0.15, -0.1) is 0 Å². The molecule has 0 unspecified atom stereocenters. The highest BCUT2D eigenvalue weighted by atomic mass is 16.6. The van der Waals surface area contributed by atoms with Crippen LogP contribution in [0.2, 0.25) is 0 Å². The van der Waals surface area contributed by atoms with Gasteiger partial charge in [0.2, 0.25) is 0 Å².